The number of nitrogens with one attached hydrogen (secondary N) is 1. The lowest BCUT2D eigenvalue weighted by molar-refractivity contribution is -0.132. The molecule has 1 N–H and O–H groups in total. The molecule has 0 bridgehead atoms. The van der Waals surface area contributed by atoms with E-state index in [0.29, 0.717) is 24.6 Å². The summed E-state index contributed by atoms with van der Waals surface area (Å²) >= 11 is 0. The fourth-order valence-electron chi connectivity index (χ4n) is 3.62. The van der Waals surface area contributed by atoms with Crippen molar-refractivity contribution in [3.8, 4) is 0 Å². The van der Waals surface area contributed by atoms with Gasteiger partial charge in [0, 0.05) is 30.3 Å². The first-order valence-corrected chi connectivity index (χ1v) is 9.02. The van der Waals surface area contributed by atoms with Gasteiger partial charge in [0.1, 0.15) is 5.82 Å². The van der Waals surface area contributed by atoms with Crippen molar-refractivity contribution in [1.29, 1.82) is 0 Å². The maximum Gasteiger partial charge on any atom is 0.252 e. The number of nitrogens with zero attached hydrogens (tertiary/aromatic N) is 3. The van der Waals surface area contributed by atoms with Crippen LogP contribution < -0.4 is 5.32 Å². The van der Waals surface area contributed by atoms with Gasteiger partial charge in [-0.25, -0.2) is 9.97 Å². The van der Waals surface area contributed by atoms with Gasteiger partial charge in [-0.1, -0.05) is 32.0 Å². The molecule has 0 saturated heterocycles. The van der Waals surface area contributed by atoms with Crippen molar-refractivity contribution >= 4 is 11.8 Å². The second-order valence-corrected chi connectivity index (χ2v) is 7.42. The molecule has 1 unspecified atom stereocenters. The highest BCUT2D eigenvalue weighted by Crippen LogP contribution is 2.29. The van der Waals surface area contributed by atoms with Crippen LogP contribution >= 0.6 is 0 Å². The molecule has 2 aliphatic heterocycles. The first kappa shape index (κ1) is 16.7. The van der Waals surface area contributed by atoms with Crippen molar-refractivity contribution in [1.82, 2.24) is 20.2 Å². The Balaban J connectivity index is 1.45. The number of rotatable bonds is 4. The molecule has 1 aromatic carbocycles. The topological polar surface area (TPSA) is 75.2 Å². The molecule has 3 heterocycles. The zero-order chi connectivity index (χ0) is 18.3. The molecular formula is C20H22N4O2. The number of hydrogen-bond acceptors (Lipinski definition) is 4. The van der Waals surface area contributed by atoms with Crippen LogP contribution in [0.15, 0.2) is 30.5 Å². The first-order valence-electron chi connectivity index (χ1n) is 9.02. The highest BCUT2D eigenvalue weighted by molar-refractivity contribution is 5.99. The molecule has 4 rings (SSSR count). The molecule has 0 spiro atoms. The summed E-state index contributed by atoms with van der Waals surface area (Å²) in [5.41, 5.74) is 3.53. The highest BCUT2D eigenvalue weighted by Gasteiger charge is 2.32. The number of hydrogen-bond donors (Lipinski definition) is 1. The fourth-order valence-corrected chi connectivity index (χ4v) is 3.62. The monoisotopic (exact) mass is 350 g/mol. The standard InChI is InChI=1S/C20H22N4O2/c1-12(2)7-18-21-9-13-10-24(11-17(13)22-18)19(25)8-16-14-5-3-4-6-15(14)20(26)23-16/h3-6,9,12,16H,7-8,10-11H2,1-2H3,(H,23,26). The van der Waals surface area contributed by atoms with Gasteiger partial charge in [0.25, 0.3) is 5.91 Å². The summed E-state index contributed by atoms with van der Waals surface area (Å²) in [6.07, 6.45) is 2.95. The summed E-state index contributed by atoms with van der Waals surface area (Å²) in [6, 6.07) is 7.19. The molecular weight excluding hydrogens is 328 g/mol. The van der Waals surface area contributed by atoms with Crippen LogP contribution in [-0.2, 0) is 24.3 Å². The van der Waals surface area contributed by atoms with Crippen LogP contribution in [-0.4, -0.2) is 26.7 Å². The summed E-state index contributed by atoms with van der Waals surface area (Å²) < 4.78 is 0. The molecule has 6 nitrogen and oxygen atoms in total. The maximum absolute atomic E-state index is 12.8. The third kappa shape index (κ3) is 3.07. The third-order valence-electron chi connectivity index (χ3n) is 4.91. The van der Waals surface area contributed by atoms with E-state index < -0.39 is 0 Å². The Morgan fingerprint density at radius 1 is 1.31 bits per heavy atom. The van der Waals surface area contributed by atoms with Crippen molar-refractivity contribution in [3.63, 3.8) is 0 Å². The van der Waals surface area contributed by atoms with E-state index in [1.54, 1.807) is 11.0 Å². The van der Waals surface area contributed by atoms with Gasteiger partial charge in [0.2, 0.25) is 5.91 Å². The Kier molecular flexibility index (Phi) is 4.18. The van der Waals surface area contributed by atoms with Crippen LogP contribution in [0.5, 0.6) is 0 Å². The van der Waals surface area contributed by atoms with Gasteiger partial charge in [-0.2, -0.15) is 0 Å². The van der Waals surface area contributed by atoms with Crippen molar-refractivity contribution in [2.24, 2.45) is 5.92 Å². The average molecular weight is 350 g/mol. The van der Waals surface area contributed by atoms with E-state index in [1.165, 1.54) is 0 Å². The lowest BCUT2D eigenvalue weighted by Gasteiger charge is -2.18. The second kappa shape index (κ2) is 6.52. The Bertz CT molecular complexity index is 878. The maximum atomic E-state index is 12.8. The van der Waals surface area contributed by atoms with Crippen LogP contribution in [0.3, 0.4) is 0 Å². The predicted octanol–water partition coefficient (Wildman–Crippen LogP) is 2.39. The van der Waals surface area contributed by atoms with Crippen molar-refractivity contribution in [2.75, 3.05) is 0 Å². The average Bonchev–Trinajstić information content (AvgIpc) is 3.16. The molecule has 0 saturated carbocycles. The van der Waals surface area contributed by atoms with Crippen LogP contribution in [0.1, 0.15) is 59.3 Å². The van der Waals surface area contributed by atoms with E-state index in [-0.39, 0.29) is 24.3 Å². The quantitative estimate of drug-likeness (QED) is 0.919. The van der Waals surface area contributed by atoms with Crippen LogP contribution in [0.2, 0.25) is 0 Å². The minimum Gasteiger partial charge on any atom is -0.345 e. The van der Waals surface area contributed by atoms with E-state index in [2.05, 4.69) is 29.1 Å². The predicted molar refractivity (Wildman–Crippen MR) is 96.1 cm³/mol. The van der Waals surface area contributed by atoms with Crippen molar-refractivity contribution in [3.05, 3.63) is 58.7 Å². The molecule has 0 radical (unpaired) electrons. The van der Waals surface area contributed by atoms with Crippen molar-refractivity contribution < 1.29 is 9.59 Å². The van der Waals surface area contributed by atoms with E-state index in [1.807, 2.05) is 24.4 Å². The highest BCUT2D eigenvalue weighted by atomic mass is 16.2. The smallest absolute Gasteiger partial charge is 0.252 e. The van der Waals surface area contributed by atoms with Gasteiger partial charge in [0.05, 0.1) is 24.7 Å². The SMILES string of the molecule is CC(C)Cc1ncc2c(n1)CN(C(=O)CC1NC(=O)c3ccccc31)C2. The van der Waals surface area contributed by atoms with Crippen LogP contribution in [0.25, 0.3) is 0 Å². The zero-order valence-electron chi connectivity index (χ0n) is 15.0. The van der Waals surface area contributed by atoms with Crippen molar-refractivity contribution in [2.45, 2.75) is 45.8 Å². The van der Waals surface area contributed by atoms with Gasteiger partial charge in [0.15, 0.2) is 0 Å². The zero-order valence-corrected chi connectivity index (χ0v) is 15.0. The van der Waals surface area contributed by atoms with Gasteiger partial charge < -0.3 is 10.2 Å². The molecule has 1 aromatic heterocycles. The van der Waals surface area contributed by atoms with Gasteiger partial charge >= 0.3 is 0 Å². The van der Waals surface area contributed by atoms with Crippen LogP contribution in [0.4, 0.5) is 0 Å². The number of carbonyl (C=O) groups is 2. The van der Waals surface area contributed by atoms with Gasteiger partial charge in [-0.15, -0.1) is 0 Å². The minimum absolute atomic E-state index is 0.0235. The number of amides is 2. The number of carbonyl (C=O) groups excluding carboxylic acids is 2. The minimum atomic E-state index is -0.252. The number of fused-ring (bicyclic) bond motifs is 2. The Labute approximate surface area is 152 Å². The number of aromatic nitrogens is 2. The second-order valence-electron chi connectivity index (χ2n) is 7.42. The molecule has 2 aliphatic rings. The van der Waals surface area contributed by atoms with Crippen LogP contribution in [0, 0.1) is 5.92 Å². The Morgan fingerprint density at radius 2 is 2.12 bits per heavy atom. The normalized spacial score (nSPS) is 18.0. The summed E-state index contributed by atoms with van der Waals surface area (Å²) in [5, 5.41) is 2.91. The Morgan fingerprint density at radius 3 is 2.92 bits per heavy atom. The van der Waals surface area contributed by atoms with Gasteiger partial charge in [-0.05, 0) is 17.5 Å². The Hall–Kier alpha value is -2.76. The largest absolute Gasteiger partial charge is 0.345 e. The van der Waals surface area contributed by atoms with E-state index in [0.717, 1.165) is 29.1 Å². The summed E-state index contributed by atoms with van der Waals surface area (Å²) in [5.74, 6) is 1.26. The lowest BCUT2D eigenvalue weighted by Crippen LogP contribution is -2.30. The number of benzene rings is 1. The molecule has 2 aromatic rings. The molecule has 0 aliphatic carbocycles. The lowest BCUT2D eigenvalue weighted by atomic mass is 10.0. The van der Waals surface area contributed by atoms with Gasteiger partial charge in [-0.3, -0.25) is 9.59 Å². The summed E-state index contributed by atoms with van der Waals surface area (Å²) in [4.78, 5) is 35.7. The fraction of sp³-hybridized carbons (Fsp3) is 0.400. The van der Waals surface area contributed by atoms with E-state index in [4.69, 9.17) is 0 Å². The molecule has 2 amide bonds. The third-order valence-corrected chi connectivity index (χ3v) is 4.91. The molecule has 6 heteroatoms. The molecule has 26 heavy (non-hydrogen) atoms. The molecule has 1 atom stereocenters. The summed E-state index contributed by atoms with van der Waals surface area (Å²) in [6.45, 7) is 5.34. The molecule has 134 valence electrons. The molecule has 0 fully saturated rings. The van der Waals surface area contributed by atoms with E-state index >= 15 is 0 Å². The van der Waals surface area contributed by atoms with E-state index in [9.17, 15) is 9.59 Å². The first-order chi connectivity index (χ1) is 12.5. The summed E-state index contributed by atoms with van der Waals surface area (Å²) in [7, 11) is 0.